The highest BCUT2D eigenvalue weighted by Crippen LogP contribution is 2.11. The summed E-state index contributed by atoms with van der Waals surface area (Å²) >= 11 is 0. The van der Waals surface area contributed by atoms with E-state index < -0.39 is 0 Å². The fraction of sp³-hybridized carbons (Fsp3) is 0.778. The average molecular weight is 391 g/mol. The number of aliphatic hydroxyl groups is 1. The molecule has 0 aliphatic rings. The summed E-state index contributed by atoms with van der Waals surface area (Å²) in [5.41, 5.74) is 0. The van der Waals surface area contributed by atoms with Gasteiger partial charge in [0.05, 0.1) is 6.10 Å². The smallest absolute Gasteiger partial charge is 0.0540 e. The molecule has 0 heterocycles. The number of rotatable bonds is 21. The van der Waals surface area contributed by atoms with E-state index in [1.54, 1.807) is 0 Å². The van der Waals surface area contributed by atoms with Crippen molar-refractivity contribution in [3.05, 3.63) is 36.5 Å². The first-order valence-corrected chi connectivity index (χ1v) is 12.4. The standard InChI is InChI=1S/C27H50O/c1-3-5-6-7-8-9-10-11-12-13-14-15-16-17-18-19-20-21-22-23-24-25-26-27(28)4-2/h15-16,19-20,23-24,27-28H,3-14,17-18,21-22,25-26H2,1-2H3/b16-15+,20-19+,24-23+/t27-/m0/s1. The van der Waals surface area contributed by atoms with Gasteiger partial charge in [-0.3, -0.25) is 0 Å². The van der Waals surface area contributed by atoms with Crippen LogP contribution in [0, 0.1) is 0 Å². The third-order valence-electron chi connectivity index (χ3n) is 5.36. The SMILES string of the molecule is CCCCCCCCCCCC/C=C/CC/C=C/CC/C=C/CC[C@@H](O)CC. The van der Waals surface area contributed by atoms with Crippen LogP contribution in [0.25, 0.3) is 0 Å². The molecule has 1 N–H and O–H groups in total. The molecule has 0 bridgehead atoms. The van der Waals surface area contributed by atoms with Gasteiger partial charge in [0.1, 0.15) is 0 Å². The Hall–Kier alpha value is -0.820. The van der Waals surface area contributed by atoms with E-state index in [0.29, 0.717) is 0 Å². The molecule has 1 atom stereocenters. The summed E-state index contributed by atoms with van der Waals surface area (Å²) in [6.45, 7) is 4.32. The van der Waals surface area contributed by atoms with E-state index in [2.05, 4.69) is 43.4 Å². The van der Waals surface area contributed by atoms with Gasteiger partial charge in [0.15, 0.2) is 0 Å². The van der Waals surface area contributed by atoms with E-state index in [1.807, 2.05) is 6.92 Å². The van der Waals surface area contributed by atoms with Crippen molar-refractivity contribution >= 4 is 0 Å². The maximum absolute atomic E-state index is 9.47. The van der Waals surface area contributed by atoms with Crippen molar-refractivity contribution in [1.82, 2.24) is 0 Å². The van der Waals surface area contributed by atoms with Gasteiger partial charge in [-0.25, -0.2) is 0 Å². The Morgan fingerprint density at radius 2 is 0.893 bits per heavy atom. The topological polar surface area (TPSA) is 20.2 Å². The zero-order valence-corrected chi connectivity index (χ0v) is 19.2. The number of aliphatic hydroxyl groups excluding tert-OH is 1. The fourth-order valence-electron chi connectivity index (χ4n) is 3.33. The molecule has 0 spiro atoms. The van der Waals surface area contributed by atoms with Crippen molar-refractivity contribution in [2.24, 2.45) is 0 Å². The molecule has 1 heteroatoms. The predicted octanol–water partition coefficient (Wildman–Crippen LogP) is 9.08. The van der Waals surface area contributed by atoms with Crippen molar-refractivity contribution in [2.45, 2.75) is 136 Å². The van der Waals surface area contributed by atoms with Crippen LogP contribution in [0.3, 0.4) is 0 Å². The van der Waals surface area contributed by atoms with Crippen LogP contribution in [0.1, 0.15) is 129 Å². The number of hydrogen-bond acceptors (Lipinski definition) is 1. The summed E-state index contributed by atoms with van der Waals surface area (Å²) in [5, 5.41) is 9.47. The Kier molecular flexibility index (Phi) is 23.5. The molecule has 0 fully saturated rings. The number of allylic oxidation sites excluding steroid dienone is 6. The quantitative estimate of drug-likeness (QED) is 0.153. The van der Waals surface area contributed by atoms with Crippen LogP contribution in [0.5, 0.6) is 0 Å². The zero-order chi connectivity index (χ0) is 20.5. The first-order chi connectivity index (χ1) is 13.8. The lowest BCUT2D eigenvalue weighted by molar-refractivity contribution is 0.161. The van der Waals surface area contributed by atoms with E-state index in [4.69, 9.17) is 0 Å². The molecule has 0 radical (unpaired) electrons. The van der Waals surface area contributed by atoms with E-state index in [0.717, 1.165) is 32.1 Å². The number of unbranched alkanes of at least 4 members (excludes halogenated alkanes) is 12. The lowest BCUT2D eigenvalue weighted by Crippen LogP contribution is -2.02. The average Bonchev–Trinajstić information content (AvgIpc) is 2.71. The van der Waals surface area contributed by atoms with Gasteiger partial charge >= 0.3 is 0 Å². The summed E-state index contributed by atoms with van der Waals surface area (Å²) in [6.07, 6.45) is 36.5. The van der Waals surface area contributed by atoms with Crippen LogP contribution in [0.2, 0.25) is 0 Å². The molecule has 0 saturated heterocycles. The van der Waals surface area contributed by atoms with Crippen molar-refractivity contribution in [3.8, 4) is 0 Å². The van der Waals surface area contributed by atoms with Crippen molar-refractivity contribution < 1.29 is 5.11 Å². The highest BCUT2D eigenvalue weighted by atomic mass is 16.3. The van der Waals surface area contributed by atoms with Gasteiger partial charge < -0.3 is 5.11 Å². The lowest BCUT2D eigenvalue weighted by Gasteiger charge is -2.03. The maximum atomic E-state index is 9.47. The second kappa shape index (κ2) is 24.2. The van der Waals surface area contributed by atoms with Gasteiger partial charge in [0, 0.05) is 0 Å². The molecule has 164 valence electrons. The molecule has 0 aromatic heterocycles. The Balaban J connectivity index is 3.25. The second-order valence-electron chi connectivity index (χ2n) is 8.18. The Labute approximate surface area is 177 Å². The van der Waals surface area contributed by atoms with Crippen molar-refractivity contribution in [3.63, 3.8) is 0 Å². The lowest BCUT2D eigenvalue weighted by atomic mass is 10.1. The molecule has 0 amide bonds. The van der Waals surface area contributed by atoms with Crippen LogP contribution in [0.4, 0.5) is 0 Å². The van der Waals surface area contributed by atoms with Gasteiger partial charge in [-0.1, -0.05) is 108 Å². The molecular formula is C27H50O. The van der Waals surface area contributed by atoms with Crippen molar-refractivity contribution in [1.29, 1.82) is 0 Å². The van der Waals surface area contributed by atoms with E-state index in [9.17, 15) is 5.11 Å². The Bertz CT molecular complexity index is 366. The van der Waals surface area contributed by atoms with Gasteiger partial charge in [-0.2, -0.15) is 0 Å². The predicted molar refractivity (Wildman–Crippen MR) is 128 cm³/mol. The Morgan fingerprint density at radius 1 is 0.500 bits per heavy atom. The summed E-state index contributed by atoms with van der Waals surface area (Å²) in [4.78, 5) is 0. The Morgan fingerprint density at radius 3 is 1.36 bits per heavy atom. The van der Waals surface area contributed by atoms with Gasteiger partial charge in [0.2, 0.25) is 0 Å². The summed E-state index contributed by atoms with van der Waals surface area (Å²) in [7, 11) is 0. The molecule has 28 heavy (non-hydrogen) atoms. The molecule has 0 rings (SSSR count). The zero-order valence-electron chi connectivity index (χ0n) is 19.2. The minimum absolute atomic E-state index is 0.122. The van der Waals surface area contributed by atoms with Crippen LogP contribution in [0.15, 0.2) is 36.5 Å². The monoisotopic (exact) mass is 390 g/mol. The largest absolute Gasteiger partial charge is 0.393 e. The molecule has 0 aromatic rings. The summed E-state index contributed by atoms with van der Waals surface area (Å²) in [6, 6.07) is 0. The molecule has 0 saturated carbocycles. The molecule has 0 aliphatic carbocycles. The maximum Gasteiger partial charge on any atom is 0.0540 e. The molecule has 1 nitrogen and oxygen atoms in total. The molecule has 0 aromatic carbocycles. The van der Waals surface area contributed by atoms with Gasteiger partial charge in [-0.05, 0) is 57.8 Å². The fourth-order valence-corrected chi connectivity index (χ4v) is 3.33. The number of hydrogen-bond donors (Lipinski definition) is 1. The minimum Gasteiger partial charge on any atom is -0.393 e. The molecular weight excluding hydrogens is 340 g/mol. The van der Waals surface area contributed by atoms with Gasteiger partial charge in [0.25, 0.3) is 0 Å². The van der Waals surface area contributed by atoms with Crippen LogP contribution >= 0.6 is 0 Å². The van der Waals surface area contributed by atoms with Crippen LogP contribution < -0.4 is 0 Å². The molecule has 0 unspecified atom stereocenters. The van der Waals surface area contributed by atoms with E-state index in [1.165, 1.54) is 83.5 Å². The van der Waals surface area contributed by atoms with E-state index in [-0.39, 0.29) is 6.10 Å². The third kappa shape index (κ3) is 23.2. The highest BCUT2D eigenvalue weighted by molar-refractivity contribution is 4.90. The van der Waals surface area contributed by atoms with Crippen LogP contribution in [-0.4, -0.2) is 11.2 Å². The van der Waals surface area contributed by atoms with E-state index >= 15 is 0 Å². The minimum atomic E-state index is -0.122. The summed E-state index contributed by atoms with van der Waals surface area (Å²) in [5.74, 6) is 0. The second-order valence-corrected chi connectivity index (χ2v) is 8.18. The van der Waals surface area contributed by atoms with Gasteiger partial charge in [-0.15, -0.1) is 0 Å². The molecule has 0 aliphatic heterocycles. The normalized spacial score (nSPS) is 13.4. The summed E-state index contributed by atoms with van der Waals surface area (Å²) < 4.78 is 0. The first kappa shape index (κ1) is 27.2. The van der Waals surface area contributed by atoms with Crippen molar-refractivity contribution in [2.75, 3.05) is 0 Å². The van der Waals surface area contributed by atoms with Crippen LogP contribution in [-0.2, 0) is 0 Å². The first-order valence-electron chi connectivity index (χ1n) is 12.4. The highest BCUT2D eigenvalue weighted by Gasteiger charge is 1.96. The third-order valence-corrected chi connectivity index (χ3v) is 5.36.